The molecule has 5 heteroatoms. The van der Waals surface area contributed by atoms with Crippen LogP contribution in [-0.2, 0) is 14.3 Å². The van der Waals surface area contributed by atoms with Gasteiger partial charge < -0.3 is 19.5 Å². The fourth-order valence-electron chi connectivity index (χ4n) is 5.30. The van der Waals surface area contributed by atoms with E-state index < -0.39 is 5.60 Å². The molecule has 0 unspecified atom stereocenters. The van der Waals surface area contributed by atoms with Crippen LogP contribution in [0, 0.1) is 11.3 Å². The molecule has 1 aromatic carbocycles. The van der Waals surface area contributed by atoms with Crippen LogP contribution in [0.4, 0.5) is 0 Å². The third-order valence-electron chi connectivity index (χ3n) is 6.30. The molecule has 0 aliphatic carbocycles. The van der Waals surface area contributed by atoms with E-state index in [9.17, 15) is 9.90 Å². The SMILES string of the molecule is CC1(C)[C@H]2O[C@]3(CN([C@@H](CO)c4ccccc4)C(=O)[C@@H]13)[C@@H]1O[C@@H]12. The van der Waals surface area contributed by atoms with Gasteiger partial charge in [0.1, 0.15) is 17.8 Å². The van der Waals surface area contributed by atoms with Gasteiger partial charge in [0.05, 0.1) is 31.2 Å². The highest BCUT2D eigenvalue weighted by atomic mass is 16.7. The lowest BCUT2D eigenvalue weighted by Gasteiger charge is -2.33. The van der Waals surface area contributed by atoms with Gasteiger partial charge in [0.2, 0.25) is 5.91 Å². The maximum atomic E-state index is 13.2. The lowest BCUT2D eigenvalue weighted by molar-refractivity contribution is -0.137. The summed E-state index contributed by atoms with van der Waals surface area (Å²) in [5.74, 6) is -0.0872. The van der Waals surface area contributed by atoms with E-state index in [4.69, 9.17) is 9.47 Å². The van der Waals surface area contributed by atoms with E-state index in [0.717, 1.165) is 5.56 Å². The van der Waals surface area contributed by atoms with Gasteiger partial charge in [-0.05, 0) is 5.56 Å². The van der Waals surface area contributed by atoms with E-state index in [-0.39, 0.29) is 48.2 Å². The van der Waals surface area contributed by atoms with Crippen molar-refractivity contribution in [2.24, 2.45) is 11.3 Å². The Kier molecular flexibility index (Phi) is 2.52. The average molecular weight is 315 g/mol. The number of carbonyl (C=O) groups excluding carboxylic acids is 1. The number of epoxide rings is 1. The minimum atomic E-state index is -0.516. The van der Waals surface area contributed by atoms with E-state index in [2.05, 4.69) is 13.8 Å². The third-order valence-corrected chi connectivity index (χ3v) is 6.30. The second kappa shape index (κ2) is 4.15. The molecule has 4 aliphatic rings. The number of hydrogen-bond donors (Lipinski definition) is 1. The van der Waals surface area contributed by atoms with Crippen molar-refractivity contribution < 1.29 is 19.4 Å². The summed E-state index contributed by atoms with van der Waals surface area (Å²) >= 11 is 0. The Bertz CT molecular complexity index is 675. The molecule has 122 valence electrons. The maximum absolute atomic E-state index is 13.2. The second-order valence-corrected chi connectivity index (χ2v) is 7.84. The summed E-state index contributed by atoms with van der Waals surface area (Å²) in [5.41, 5.74) is 0.221. The van der Waals surface area contributed by atoms with Gasteiger partial charge in [-0.15, -0.1) is 0 Å². The van der Waals surface area contributed by atoms with Crippen LogP contribution < -0.4 is 0 Å². The van der Waals surface area contributed by atoms with Gasteiger partial charge in [0.15, 0.2) is 0 Å². The molecule has 4 saturated heterocycles. The minimum Gasteiger partial charge on any atom is -0.394 e. The standard InChI is InChI=1S/C18H21NO4/c1-17(2)13-16(21)19(11(8-20)10-6-4-3-5-7-10)9-18(13)15-12(22-15)14(17)23-18/h3-7,11-15,20H,8-9H2,1-2H3/t11-,12+,13-,14-,15+,18-/m0/s1. The molecule has 4 fully saturated rings. The second-order valence-electron chi connectivity index (χ2n) is 7.84. The molecule has 2 bridgehead atoms. The van der Waals surface area contributed by atoms with Gasteiger partial charge in [-0.25, -0.2) is 0 Å². The Hall–Kier alpha value is -1.43. The van der Waals surface area contributed by atoms with E-state index >= 15 is 0 Å². The monoisotopic (exact) mass is 315 g/mol. The third kappa shape index (κ3) is 1.51. The van der Waals surface area contributed by atoms with Crippen LogP contribution in [0.15, 0.2) is 30.3 Å². The molecule has 1 spiro atoms. The first-order valence-corrected chi connectivity index (χ1v) is 8.30. The Balaban J connectivity index is 1.54. The van der Waals surface area contributed by atoms with Crippen LogP contribution in [0.2, 0.25) is 0 Å². The Morgan fingerprint density at radius 1 is 1.30 bits per heavy atom. The molecule has 0 radical (unpaired) electrons. The molecule has 4 aliphatic heterocycles. The van der Waals surface area contributed by atoms with E-state index in [0.29, 0.717) is 6.54 Å². The summed E-state index contributed by atoms with van der Waals surface area (Å²) in [7, 11) is 0. The van der Waals surface area contributed by atoms with Crippen LogP contribution in [0.25, 0.3) is 0 Å². The number of amides is 1. The number of hydrogen-bond acceptors (Lipinski definition) is 4. The van der Waals surface area contributed by atoms with Crippen molar-refractivity contribution in [3.8, 4) is 0 Å². The molecule has 1 aromatic rings. The molecule has 5 rings (SSSR count). The topological polar surface area (TPSA) is 62.3 Å². The highest BCUT2D eigenvalue weighted by Gasteiger charge is 2.84. The first kappa shape index (κ1) is 14.0. The van der Waals surface area contributed by atoms with Crippen LogP contribution in [0.3, 0.4) is 0 Å². The molecule has 1 amide bonds. The number of fused-ring (bicyclic) bond motifs is 3. The fraction of sp³-hybridized carbons (Fsp3) is 0.611. The van der Waals surface area contributed by atoms with Gasteiger partial charge in [-0.1, -0.05) is 44.2 Å². The lowest BCUT2D eigenvalue weighted by Crippen LogP contribution is -2.47. The number of ether oxygens (including phenoxy) is 2. The van der Waals surface area contributed by atoms with Crippen LogP contribution in [-0.4, -0.2) is 53.0 Å². The number of aliphatic hydroxyl groups is 1. The number of nitrogens with zero attached hydrogens (tertiary/aromatic N) is 1. The largest absolute Gasteiger partial charge is 0.394 e. The molecule has 5 nitrogen and oxygen atoms in total. The maximum Gasteiger partial charge on any atom is 0.230 e. The zero-order chi connectivity index (χ0) is 16.0. The van der Waals surface area contributed by atoms with Crippen molar-refractivity contribution in [3.05, 3.63) is 35.9 Å². The first-order valence-electron chi connectivity index (χ1n) is 8.30. The lowest BCUT2D eigenvalue weighted by atomic mass is 9.65. The quantitative estimate of drug-likeness (QED) is 0.849. The number of carbonyl (C=O) groups is 1. The molecular formula is C18H21NO4. The molecule has 0 saturated carbocycles. The molecule has 6 atom stereocenters. The van der Waals surface area contributed by atoms with Crippen molar-refractivity contribution in [1.82, 2.24) is 4.90 Å². The average Bonchev–Trinajstić information content (AvgIpc) is 3.14. The summed E-state index contributed by atoms with van der Waals surface area (Å²) in [4.78, 5) is 15.0. The van der Waals surface area contributed by atoms with Crippen molar-refractivity contribution in [1.29, 1.82) is 0 Å². The van der Waals surface area contributed by atoms with E-state index in [1.165, 1.54) is 0 Å². The fourth-order valence-corrected chi connectivity index (χ4v) is 5.30. The predicted molar refractivity (Wildman–Crippen MR) is 81.5 cm³/mol. The zero-order valence-electron chi connectivity index (χ0n) is 13.3. The minimum absolute atomic E-state index is 0.0212. The number of aliphatic hydroxyl groups excluding tert-OH is 1. The summed E-state index contributed by atoms with van der Waals surface area (Å²) in [5, 5.41) is 9.93. The number of likely N-dealkylation sites (tertiary alicyclic amines) is 1. The Morgan fingerprint density at radius 2 is 2.04 bits per heavy atom. The summed E-state index contributed by atoms with van der Waals surface area (Å²) in [6.45, 7) is 4.65. The predicted octanol–water partition coefficient (Wildman–Crippen LogP) is 1.12. The van der Waals surface area contributed by atoms with E-state index in [1.54, 1.807) is 0 Å². The van der Waals surface area contributed by atoms with Crippen LogP contribution in [0.5, 0.6) is 0 Å². The van der Waals surface area contributed by atoms with Gasteiger partial charge in [-0.2, -0.15) is 0 Å². The number of benzene rings is 1. The first-order chi connectivity index (χ1) is 11.0. The van der Waals surface area contributed by atoms with Crippen molar-refractivity contribution in [2.45, 2.75) is 43.8 Å². The highest BCUT2D eigenvalue weighted by Crippen LogP contribution is 2.68. The van der Waals surface area contributed by atoms with Crippen molar-refractivity contribution in [2.75, 3.05) is 13.2 Å². The van der Waals surface area contributed by atoms with E-state index in [1.807, 2.05) is 35.2 Å². The highest BCUT2D eigenvalue weighted by molar-refractivity contribution is 5.86. The van der Waals surface area contributed by atoms with Gasteiger partial charge in [0.25, 0.3) is 0 Å². The van der Waals surface area contributed by atoms with Gasteiger partial charge >= 0.3 is 0 Å². The number of rotatable bonds is 3. The van der Waals surface area contributed by atoms with Gasteiger partial charge in [0, 0.05) is 5.41 Å². The summed E-state index contributed by atoms with van der Waals surface area (Å²) in [6, 6.07) is 9.40. The zero-order valence-corrected chi connectivity index (χ0v) is 13.3. The molecule has 4 heterocycles. The molecule has 1 N–H and O–H groups in total. The van der Waals surface area contributed by atoms with Crippen LogP contribution in [0.1, 0.15) is 25.5 Å². The molecule has 23 heavy (non-hydrogen) atoms. The Labute approximate surface area is 135 Å². The Morgan fingerprint density at radius 3 is 2.74 bits per heavy atom. The molecule has 0 aromatic heterocycles. The summed E-state index contributed by atoms with van der Waals surface area (Å²) in [6.07, 6.45) is 0.223. The normalized spacial score (nSPS) is 43.4. The van der Waals surface area contributed by atoms with Crippen molar-refractivity contribution >= 4 is 5.91 Å². The summed E-state index contributed by atoms with van der Waals surface area (Å²) < 4.78 is 12.2. The van der Waals surface area contributed by atoms with Crippen molar-refractivity contribution in [3.63, 3.8) is 0 Å². The smallest absolute Gasteiger partial charge is 0.230 e. The van der Waals surface area contributed by atoms with Gasteiger partial charge in [-0.3, -0.25) is 4.79 Å². The van der Waals surface area contributed by atoms with Crippen LogP contribution >= 0.6 is 0 Å². The molecular weight excluding hydrogens is 294 g/mol.